The Kier molecular flexibility index (Phi) is 4.98. The summed E-state index contributed by atoms with van der Waals surface area (Å²) >= 11 is 1.73. The molecular formula is C18H19N3OS. The smallest absolute Gasteiger partial charge is 0.225 e. The first-order chi connectivity index (χ1) is 11.2. The van der Waals surface area contributed by atoms with E-state index in [4.69, 9.17) is 0 Å². The van der Waals surface area contributed by atoms with Gasteiger partial charge in [0.1, 0.15) is 5.65 Å². The summed E-state index contributed by atoms with van der Waals surface area (Å²) in [6, 6.07) is 13.8. The van der Waals surface area contributed by atoms with Crippen LogP contribution in [0.25, 0.3) is 5.65 Å². The maximum Gasteiger partial charge on any atom is 0.225 e. The molecule has 0 saturated heterocycles. The zero-order valence-electron chi connectivity index (χ0n) is 13.0. The van der Waals surface area contributed by atoms with Crippen molar-refractivity contribution in [3.63, 3.8) is 0 Å². The van der Waals surface area contributed by atoms with Gasteiger partial charge in [0.05, 0.1) is 5.69 Å². The Hall–Kier alpha value is -2.27. The molecule has 1 N–H and O–H groups in total. The maximum atomic E-state index is 11.9. The van der Waals surface area contributed by atoms with E-state index in [2.05, 4.69) is 10.3 Å². The fourth-order valence-corrected chi connectivity index (χ4v) is 3.08. The van der Waals surface area contributed by atoms with Crippen LogP contribution in [0.3, 0.4) is 0 Å². The van der Waals surface area contributed by atoms with Crippen LogP contribution in [0.5, 0.6) is 0 Å². The molecule has 23 heavy (non-hydrogen) atoms. The number of anilines is 1. The minimum absolute atomic E-state index is 0.0522. The van der Waals surface area contributed by atoms with Crippen molar-refractivity contribution in [3.8, 4) is 0 Å². The lowest BCUT2D eigenvalue weighted by molar-refractivity contribution is -0.115. The number of fused-ring (bicyclic) bond motifs is 1. The average Bonchev–Trinajstić information content (AvgIpc) is 2.96. The number of imidazole rings is 1. The molecule has 0 radical (unpaired) electrons. The largest absolute Gasteiger partial charge is 0.326 e. The van der Waals surface area contributed by atoms with E-state index < -0.39 is 0 Å². The lowest BCUT2D eigenvalue weighted by Crippen LogP contribution is -2.12. The number of hydrogen-bond acceptors (Lipinski definition) is 3. The molecule has 0 atom stereocenters. The predicted octanol–water partition coefficient (Wildman–Crippen LogP) is 3.90. The monoisotopic (exact) mass is 325 g/mol. The summed E-state index contributed by atoms with van der Waals surface area (Å²) in [4.78, 5) is 16.5. The number of carbonyl (C=O) groups is 1. The van der Waals surface area contributed by atoms with Gasteiger partial charge in [-0.3, -0.25) is 4.79 Å². The Balaban J connectivity index is 1.42. The van der Waals surface area contributed by atoms with Crippen molar-refractivity contribution < 1.29 is 4.79 Å². The van der Waals surface area contributed by atoms with Crippen molar-refractivity contribution in [2.24, 2.45) is 0 Å². The molecule has 1 aromatic carbocycles. The Bertz CT molecular complexity index is 762. The topological polar surface area (TPSA) is 46.4 Å². The molecular weight excluding hydrogens is 306 g/mol. The molecule has 0 saturated carbocycles. The highest BCUT2D eigenvalue weighted by Gasteiger charge is 2.04. The summed E-state index contributed by atoms with van der Waals surface area (Å²) < 4.78 is 2.01. The molecule has 3 aromatic rings. The summed E-state index contributed by atoms with van der Waals surface area (Å²) in [6.07, 6.45) is 4.53. The van der Waals surface area contributed by atoms with Gasteiger partial charge in [-0.2, -0.15) is 11.8 Å². The van der Waals surface area contributed by atoms with Gasteiger partial charge in [0, 0.05) is 36.0 Å². The van der Waals surface area contributed by atoms with Crippen molar-refractivity contribution in [1.29, 1.82) is 0 Å². The zero-order chi connectivity index (χ0) is 16.1. The highest BCUT2D eigenvalue weighted by molar-refractivity contribution is 7.98. The van der Waals surface area contributed by atoms with Crippen molar-refractivity contribution in [3.05, 3.63) is 66.1 Å². The highest BCUT2D eigenvalue weighted by atomic mass is 32.2. The van der Waals surface area contributed by atoms with E-state index in [1.165, 1.54) is 5.56 Å². The van der Waals surface area contributed by atoms with Gasteiger partial charge in [0.2, 0.25) is 5.91 Å². The van der Waals surface area contributed by atoms with E-state index in [1.54, 1.807) is 11.8 Å². The predicted molar refractivity (Wildman–Crippen MR) is 95.8 cm³/mol. The first kappa shape index (κ1) is 15.6. The number of carbonyl (C=O) groups excluding carboxylic acids is 1. The van der Waals surface area contributed by atoms with Gasteiger partial charge in [-0.25, -0.2) is 4.98 Å². The molecule has 0 aliphatic heterocycles. The van der Waals surface area contributed by atoms with E-state index in [1.807, 2.05) is 66.2 Å². The van der Waals surface area contributed by atoms with Gasteiger partial charge in [0.15, 0.2) is 0 Å². The number of aromatic nitrogens is 2. The number of nitrogens with one attached hydrogen (secondary N) is 1. The molecule has 3 rings (SSSR count). The lowest BCUT2D eigenvalue weighted by Gasteiger charge is -2.05. The Morgan fingerprint density at radius 1 is 1.22 bits per heavy atom. The van der Waals surface area contributed by atoms with Crippen LogP contribution < -0.4 is 5.32 Å². The first-order valence-corrected chi connectivity index (χ1v) is 8.73. The van der Waals surface area contributed by atoms with Crippen LogP contribution in [0, 0.1) is 6.92 Å². The molecule has 0 fully saturated rings. The van der Waals surface area contributed by atoms with Crippen LogP contribution >= 0.6 is 11.8 Å². The van der Waals surface area contributed by atoms with Crippen molar-refractivity contribution >= 4 is 29.0 Å². The van der Waals surface area contributed by atoms with Crippen LogP contribution in [0.1, 0.15) is 17.7 Å². The summed E-state index contributed by atoms with van der Waals surface area (Å²) in [6.45, 7) is 2.03. The van der Waals surface area contributed by atoms with Crippen LogP contribution in [-0.2, 0) is 10.5 Å². The molecule has 0 unspecified atom stereocenters. The van der Waals surface area contributed by atoms with Crippen molar-refractivity contribution in [1.82, 2.24) is 9.38 Å². The van der Waals surface area contributed by atoms with Crippen LogP contribution in [-0.4, -0.2) is 21.0 Å². The van der Waals surface area contributed by atoms with E-state index in [0.717, 1.165) is 28.5 Å². The zero-order valence-corrected chi connectivity index (χ0v) is 13.8. The van der Waals surface area contributed by atoms with Gasteiger partial charge in [0.25, 0.3) is 0 Å². The number of nitrogens with zero attached hydrogens (tertiary/aromatic N) is 2. The highest BCUT2D eigenvalue weighted by Crippen LogP contribution is 2.14. The second-order valence-electron chi connectivity index (χ2n) is 5.42. The van der Waals surface area contributed by atoms with Crippen molar-refractivity contribution in [2.75, 3.05) is 11.1 Å². The average molecular weight is 325 g/mol. The van der Waals surface area contributed by atoms with E-state index in [0.29, 0.717) is 6.42 Å². The quantitative estimate of drug-likeness (QED) is 0.699. The van der Waals surface area contributed by atoms with Crippen LogP contribution in [0.15, 0.2) is 54.9 Å². The van der Waals surface area contributed by atoms with Gasteiger partial charge >= 0.3 is 0 Å². The number of amides is 1. The normalized spacial score (nSPS) is 10.8. The lowest BCUT2D eigenvalue weighted by atomic mass is 10.2. The van der Waals surface area contributed by atoms with Gasteiger partial charge in [-0.1, -0.05) is 23.8 Å². The third kappa shape index (κ3) is 4.36. The van der Waals surface area contributed by atoms with Gasteiger partial charge in [-0.15, -0.1) is 0 Å². The molecule has 0 aliphatic carbocycles. The molecule has 0 spiro atoms. The first-order valence-electron chi connectivity index (χ1n) is 7.57. The molecule has 1 amide bonds. The Morgan fingerprint density at radius 3 is 2.83 bits per heavy atom. The molecule has 0 aliphatic rings. The van der Waals surface area contributed by atoms with Crippen LogP contribution in [0.2, 0.25) is 0 Å². The standard InChI is InChI=1S/C18H19N3OS/c1-14-5-7-15(8-6-14)20-18(22)9-11-23-13-16-12-21-10-3-2-4-17(21)19-16/h2-8,10,12H,9,11,13H2,1H3,(H,20,22). The van der Waals surface area contributed by atoms with E-state index >= 15 is 0 Å². The maximum absolute atomic E-state index is 11.9. The Morgan fingerprint density at radius 2 is 2.04 bits per heavy atom. The fourth-order valence-electron chi connectivity index (χ4n) is 2.26. The summed E-state index contributed by atoms with van der Waals surface area (Å²) in [5.41, 5.74) is 4.04. The van der Waals surface area contributed by atoms with E-state index in [9.17, 15) is 4.79 Å². The SMILES string of the molecule is Cc1ccc(NC(=O)CCSCc2cn3ccccc3n2)cc1. The third-order valence-corrected chi connectivity index (χ3v) is 4.47. The minimum atomic E-state index is 0.0522. The fraction of sp³-hybridized carbons (Fsp3) is 0.222. The second-order valence-corrected chi connectivity index (χ2v) is 6.52. The van der Waals surface area contributed by atoms with Gasteiger partial charge in [-0.05, 0) is 31.2 Å². The summed E-state index contributed by atoms with van der Waals surface area (Å²) in [7, 11) is 0. The van der Waals surface area contributed by atoms with E-state index in [-0.39, 0.29) is 5.91 Å². The molecule has 5 heteroatoms. The number of benzene rings is 1. The molecule has 118 valence electrons. The molecule has 2 aromatic heterocycles. The molecule has 2 heterocycles. The van der Waals surface area contributed by atoms with Gasteiger partial charge < -0.3 is 9.72 Å². The third-order valence-electron chi connectivity index (χ3n) is 3.47. The summed E-state index contributed by atoms with van der Waals surface area (Å²) in [5, 5.41) is 2.92. The van der Waals surface area contributed by atoms with Crippen LogP contribution in [0.4, 0.5) is 5.69 Å². The number of pyridine rings is 1. The molecule has 0 bridgehead atoms. The van der Waals surface area contributed by atoms with Crippen molar-refractivity contribution in [2.45, 2.75) is 19.1 Å². The minimum Gasteiger partial charge on any atom is -0.326 e. The summed E-state index contributed by atoms with van der Waals surface area (Å²) in [5.74, 6) is 1.65. The number of thioether (sulfide) groups is 1. The number of rotatable bonds is 6. The second kappa shape index (κ2) is 7.33. The number of hydrogen-bond donors (Lipinski definition) is 1. The Labute approximate surface area is 139 Å². The number of aryl methyl sites for hydroxylation is 1. The molecule has 4 nitrogen and oxygen atoms in total.